The fourth-order valence-electron chi connectivity index (χ4n) is 2.17. The summed E-state index contributed by atoms with van der Waals surface area (Å²) in [6.07, 6.45) is 1.26. The molecule has 2 atom stereocenters. The van der Waals surface area contributed by atoms with Crippen molar-refractivity contribution in [3.05, 3.63) is 28.3 Å². The van der Waals surface area contributed by atoms with Crippen molar-refractivity contribution in [3.8, 4) is 5.75 Å². The Morgan fingerprint density at radius 1 is 1.15 bits per heavy atom. The minimum atomic E-state index is -0.704. The summed E-state index contributed by atoms with van der Waals surface area (Å²) in [5.74, 6) is 0.812. The third kappa shape index (κ3) is 4.97. The highest BCUT2D eigenvalue weighted by molar-refractivity contribution is 6.31. The molecule has 1 aromatic carbocycles. The summed E-state index contributed by atoms with van der Waals surface area (Å²) in [7, 11) is 0. The van der Waals surface area contributed by atoms with Crippen LogP contribution in [0.5, 0.6) is 5.75 Å². The molecule has 1 rings (SSSR count). The molecule has 0 spiro atoms. The van der Waals surface area contributed by atoms with Crippen LogP contribution in [0.15, 0.2) is 12.1 Å². The molecular formula is C16H25ClO3. The highest BCUT2D eigenvalue weighted by atomic mass is 35.5. The first-order valence-corrected chi connectivity index (χ1v) is 7.65. The van der Waals surface area contributed by atoms with Crippen molar-refractivity contribution >= 4 is 11.6 Å². The van der Waals surface area contributed by atoms with Gasteiger partial charge in [0.1, 0.15) is 5.75 Å². The number of ether oxygens (including phenoxy) is 1. The van der Waals surface area contributed by atoms with E-state index < -0.39 is 12.2 Å². The van der Waals surface area contributed by atoms with E-state index in [4.69, 9.17) is 16.3 Å². The van der Waals surface area contributed by atoms with E-state index >= 15 is 0 Å². The third-order valence-corrected chi connectivity index (χ3v) is 3.79. The van der Waals surface area contributed by atoms with Gasteiger partial charge in [0.2, 0.25) is 0 Å². The van der Waals surface area contributed by atoms with E-state index in [1.165, 1.54) is 0 Å². The van der Waals surface area contributed by atoms with Crippen LogP contribution in [0.1, 0.15) is 44.2 Å². The molecule has 0 aromatic heterocycles. The molecular weight excluding hydrogens is 276 g/mol. The Kier molecular flexibility index (Phi) is 7.35. The van der Waals surface area contributed by atoms with Gasteiger partial charge in [-0.3, -0.25) is 0 Å². The van der Waals surface area contributed by atoms with Gasteiger partial charge in [-0.05, 0) is 56.4 Å². The topological polar surface area (TPSA) is 49.7 Å². The lowest BCUT2D eigenvalue weighted by Crippen LogP contribution is -2.26. The molecule has 0 saturated carbocycles. The number of hydrogen-bond donors (Lipinski definition) is 2. The van der Waals surface area contributed by atoms with E-state index in [-0.39, 0.29) is 0 Å². The highest BCUT2D eigenvalue weighted by Crippen LogP contribution is 2.28. The molecule has 2 unspecified atom stereocenters. The second-order valence-electron chi connectivity index (χ2n) is 5.10. The number of halogens is 1. The van der Waals surface area contributed by atoms with Crippen LogP contribution in [0.4, 0.5) is 0 Å². The summed E-state index contributed by atoms with van der Waals surface area (Å²) in [5.41, 5.74) is 1.95. The Morgan fingerprint density at radius 2 is 1.80 bits per heavy atom. The molecule has 2 N–H and O–H groups in total. The van der Waals surface area contributed by atoms with Gasteiger partial charge in [-0.2, -0.15) is 0 Å². The van der Waals surface area contributed by atoms with E-state index in [2.05, 4.69) is 0 Å². The lowest BCUT2D eigenvalue weighted by molar-refractivity contribution is 0.00973. The number of aliphatic hydroxyl groups is 2. The zero-order chi connectivity index (χ0) is 15.1. The van der Waals surface area contributed by atoms with Gasteiger partial charge in [0, 0.05) is 5.02 Å². The van der Waals surface area contributed by atoms with Gasteiger partial charge in [0.05, 0.1) is 18.8 Å². The lowest BCUT2D eigenvalue weighted by Gasteiger charge is -2.18. The second-order valence-corrected chi connectivity index (χ2v) is 5.51. The zero-order valence-corrected chi connectivity index (χ0v) is 13.3. The van der Waals surface area contributed by atoms with Crippen molar-refractivity contribution in [1.82, 2.24) is 0 Å². The fourth-order valence-corrected chi connectivity index (χ4v) is 2.35. The maximum absolute atomic E-state index is 9.93. The smallest absolute Gasteiger partial charge is 0.122 e. The Hall–Kier alpha value is -0.770. The lowest BCUT2D eigenvalue weighted by atomic mass is 9.99. The first-order valence-electron chi connectivity index (χ1n) is 7.27. The van der Waals surface area contributed by atoms with Crippen LogP contribution >= 0.6 is 11.6 Å². The standard InChI is InChI=1S/C16H25ClO3/c1-4-6-14(18)15(19)8-7-12-10-13(17)11(3)9-16(12)20-5-2/h9-10,14-15,18-19H,4-8H2,1-3H3. The molecule has 3 nitrogen and oxygen atoms in total. The van der Waals surface area contributed by atoms with Crippen LogP contribution in [0.25, 0.3) is 0 Å². The maximum Gasteiger partial charge on any atom is 0.122 e. The Labute approximate surface area is 126 Å². The van der Waals surface area contributed by atoms with Crippen LogP contribution in [-0.2, 0) is 6.42 Å². The number of hydrogen-bond acceptors (Lipinski definition) is 3. The largest absolute Gasteiger partial charge is 0.494 e. The first-order chi connectivity index (χ1) is 9.49. The van der Waals surface area contributed by atoms with Crippen molar-refractivity contribution in [2.45, 2.75) is 58.7 Å². The van der Waals surface area contributed by atoms with Crippen molar-refractivity contribution in [2.75, 3.05) is 6.61 Å². The van der Waals surface area contributed by atoms with Crippen LogP contribution < -0.4 is 4.74 Å². The number of aliphatic hydroxyl groups excluding tert-OH is 2. The quantitative estimate of drug-likeness (QED) is 0.772. The summed E-state index contributed by atoms with van der Waals surface area (Å²) in [5, 5.41) is 20.4. The normalized spacial score (nSPS) is 14.1. The molecule has 1 aromatic rings. The van der Waals surface area contributed by atoms with Crippen LogP contribution in [0.3, 0.4) is 0 Å². The molecule has 114 valence electrons. The van der Waals surface area contributed by atoms with Gasteiger partial charge in [-0.15, -0.1) is 0 Å². The molecule has 0 heterocycles. The van der Waals surface area contributed by atoms with E-state index in [0.29, 0.717) is 30.9 Å². The number of aryl methyl sites for hydroxylation is 2. The Balaban J connectivity index is 2.73. The van der Waals surface area contributed by atoms with Gasteiger partial charge >= 0.3 is 0 Å². The molecule has 0 aliphatic heterocycles. The molecule has 0 saturated heterocycles. The molecule has 20 heavy (non-hydrogen) atoms. The van der Waals surface area contributed by atoms with E-state index in [9.17, 15) is 10.2 Å². The summed E-state index contributed by atoms with van der Waals surface area (Å²) in [6.45, 7) is 6.46. The fraction of sp³-hybridized carbons (Fsp3) is 0.625. The molecule has 0 bridgehead atoms. The van der Waals surface area contributed by atoms with Gasteiger partial charge < -0.3 is 14.9 Å². The van der Waals surface area contributed by atoms with Crippen molar-refractivity contribution < 1.29 is 14.9 Å². The summed E-state index contributed by atoms with van der Waals surface area (Å²) in [4.78, 5) is 0. The Morgan fingerprint density at radius 3 is 2.40 bits per heavy atom. The SMILES string of the molecule is CCCC(O)C(O)CCc1cc(Cl)c(C)cc1OCC. The molecule has 0 aliphatic rings. The van der Waals surface area contributed by atoms with Crippen LogP contribution in [0, 0.1) is 6.92 Å². The molecule has 0 amide bonds. The summed E-state index contributed by atoms with van der Waals surface area (Å²) >= 11 is 6.15. The van der Waals surface area contributed by atoms with Crippen LogP contribution in [0.2, 0.25) is 5.02 Å². The zero-order valence-electron chi connectivity index (χ0n) is 12.5. The molecule has 4 heteroatoms. The second kappa shape index (κ2) is 8.50. The number of rotatable bonds is 8. The van der Waals surface area contributed by atoms with Gasteiger partial charge in [-0.25, -0.2) is 0 Å². The van der Waals surface area contributed by atoms with Gasteiger partial charge in [0.15, 0.2) is 0 Å². The first kappa shape index (κ1) is 17.3. The van der Waals surface area contributed by atoms with E-state index in [0.717, 1.165) is 23.3 Å². The Bertz CT molecular complexity index is 420. The minimum Gasteiger partial charge on any atom is -0.494 e. The third-order valence-electron chi connectivity index (χ3n) is 3.38. The van der Waals surface area contributed by atoms with Crippen LogP contribution in [-0.4, -0.2) is 29.0 Å². The summed E-state index contributed by atoms with van der Waals surface area (Å²) in [6, 6.07) is 3.82. The van der Waals surface area contributed by atoms with Crippen molar-refractivity contribution in [3.63, 3.8) is 0 Å². The molecule has 0 aliphatic carbocycles. The van der Waals surface area contributed by atoms with Crippen molar-refractivity contribution in [2.24, 2.45) is 0 Å². The maximum atomic E-state index is 9.93. The van der Waals surface area contributed by atoms with E-state index in [1.807, 2.05) is 32.9 Å². The average Bonchev–Trinajstić information content (AvgIpc) is 2.41. The predicted molar refractivity (Wildman–Crippen MR) is 82.6 cm³/mol. The highest BCUT2D eigenvalue weighted by Gasteiger charge is 2.16. The van der Waals surface area contributed by atoms with Crippen molar-refractivity contribution in [1.29, 1.82) is 0 Å². The van der Waals surface area contributed by atoms with Gasteiger partial charge in [0.25, 0.3) is 0 Å². The summed E-state index contributed by atoms with van der Waals surface area (Å²) < 4.78 is 5.61. The molecule has 0 fully saturated rings. The van der Waals surface area contributed by atoms with E-state index in [1.54, 1.807) is 0 Å². The monoisotopic (exact) mass is 300 g/mol. The average molecular weight is 301 g/mol. The molecule has 0 radical (unpaired) electrons. The minimum absolute atomic E-state index is 0.501. The number of benzene rings is 1. The predicted octanol–water partition coefficient (Wildman–Crippen LogP) is 3.50. The van der Waals surface area contributed by atoms with Gasteiger partial charge in [-0.1, -0.05) is 24.9 Å².